The SMILES string of the molecule is CN(C)C(=O)N1C[C@@H]2CC(C)(NCC(=O)N3C[C@@H](F)C[C@H]3C#N)C[C@@H]2C1. The first kappa shape index (κ1) is 18.9. The van der Waals surface area contributed by atoms with Gasteiger partial charge in [0.05, 0.1) is 19.2 Å². The molecule has 1 saturated carbocycles. The Labute approximate surface area is 154 Å². The standard InChI is InChI=1S/C18H28FN5O2/c1-18(21-8-16(25)24-11-14(19)4-15(24)7-20)5-12-9-23(10-13(12)6-18)17(26)22(2)3/h12-15,21H,4-6,8-11H2,1-3H3/t12-,13+,14-,15-,18?/m0/s1. The van der Waals surface area contributed by atoms with Crippen molar-refractivity contribution in [3.05, 3.63) is 0 Å². The highest BCUT2D eigenvalue weighted by molar-refractivity contribution is 5.79. The summed E-state index contributed by atoms with van der Waals surface area (Å²) >= 11 is 0. The van der Waals surface area contributed by atoms with Gasteiger partial charge in [0.15, 0.2) is 0 Å². The van der Waals surface area contributed by atoms with Crippen LogP contribution in [0.3, 0.4) is 0 Å². The van der Waals surface area contributed by atoms with Crippen molar-refractivity contribution in [1.82, 2.24) is 20.0 Å². The highest BCUT2D eigenvalue weighted by Gasteiger charge is 2.48. The molecule has 0 aromatic carbocycles. The van der Waals surface area contributed by atoms with Crippen LogP contribution in [0.1, 0.15) is 26.2 Å². The first-order chi connectivity index (χ1) is 12.2. The zero-order valence-electron chi connectivity index (χ0n) is 15.7. The maximum Gasteiger partial charge on any atom is 0.319 e. The first-order valence-electron chi connectivity index (χ1n) is 9.27. The minimum Gasteiger partial charge on any atom is -0.331 e. The zero-order valence-corrected chi connectivity index (χ0v) is 15.7. The number of likely N-dealkylation sites (tertiary alicyclic amines) is 2. The largest absolute Gasteiger partial charge is 0.331 e. The zero-order chi connectivity index (χ0) is 19.1. The molecule has 26 heavy (non-hydrogen) atoms. The molecule has 144 valence electrons. The minimum absolute atomic E-state index is 0.0162. The third-order valence-electron chi connectivity index (χ3n) is 6.04. The molecule has 0 aromatic heterocycles. The third kappa shape index (κ3) is 3.63. The van der Waals surface area contributed by atoms with Crippen molar-refractivity contribution in [3.8, 4) is 6.07 Å². The van der Waals surface area contributed by atoms with Crippen LogP contribution in [0, 0.1) is 23.2 Å². The van der Waals surface area contributed by atoms with E-state index in [2.05, 4.69) is 12.2 Å². The molecule has 3 aliphatic rings. The van der Waals surface area contributed by atoms with Gasteiger partial charge >= 0.3 is 6.03 Å². The van der Waals surface area contributed by atoms with Crippen LogP contribution < -0.4 is 5.32 Å². The molecule has 2 saturated heterocycles. The Bertz CT molecular complexity index is 605. The van der Waals surface area contributed by atoms with E-state index in [1.54, 1.807) is 19.0 Å². The van der Waals surface area contributed by atoms with Crippen LogP contribution >= 0.6 is 0 Å². The molecule has 3 rings (SSSR count). The molecule has 1 unspecified atom stereocenters. The molecular formula is C18H28FN5O2. The minimum atomic E-state index is -1.11. The van der Waals surface area contributed by atoms with Gasteiger partial charge < -0.3 is 20.0 Å². The smallest absolute Gasteiger partial charge is 0.319 e. The molecule has 8 heteroatoms. The molecule has 2 heterocycles. The molecule has 1 N–H and O–H groups in total. The van der Waals surface area contributed by atoms with E-state index in [1.807, 2.05) is 11.0 Å². The average molecular weight is 365 g/mol. The summed E-state index contributed by atoms with van der Waals surface area (Å²) in [4.78, 5) is 29.4. The lowest BCUT2D eigenvalue weighted by Crippen LogP contribution is -2.49. The number of urea groups is 1. The Balaban J connectivity index is 1.51. The number of amides is 3. The van der Waals surface area contributed by atoms with Gasteiger partial charge in [0.1, 0.15) is 12.2 Å². The number of hydrogen-bond acceptors (Lipinski definition) is 4. The predicted octanol–water partition coefficient (Wildman–Crippen LogP) is 0.821. The number of nitrogens with zero attached hydrogens (tertiary/aromatic N) is 4. The summed E-state index contributed by atoms with van der Waals surface area (Å²) in [6.07, 6.45) is 0.829. The van der Waals surface area contributed by atoms with Crippen LogP contribution in [0.15, 0.2) is 0 Å². The summed E-state index contributed by atoms with van der Waals surface area (Å²) in [5.41, 5.74) is -0.158. The van der Waals surface area contributed by atoms with Gasteiger partial charge in [-0.3, -0.25) is 4.79 Å². The molecule has 0 spiro atoms. The van der Waals surface area contributed by atoms with E-state index in [9.17, 15) is 14.0 Å². The van der Waals surface area contributed by atoms with Gasteiger partial charge in [-0.2, -0.15) is 5.26 Å². The fourth-order valence-corrected chi connectivity index (χ4v) is 4.80. The van der Waals surface area contributed by atoms with E-state index >= 15 is 0 Å². The molecule has 5 atom stereocenters. The van der Waals surface area contributed by atoms with Crippen molar-refractivity contribution in [2.45, 2.75) is 43.9 Å². The second-order valence-electron chi connectivity index (χ2n) is 8.45. The summed E-state index contributed by atoms with van der Waals surface area (Å²) in [7, 11) is 3.53. The Morgan fingerprint density at radius 3 is 2.42 bits per heavy atom. The number of rotatable bonds is 3. The second kappa shape index (κ2) is 7.03. The summed E-state index contributed by atoms with van der Waals surface area (Å²) in [6, 6.07) is 1.42. The van der Waals surface area contributed by atoms with Crippen molar-refractivity contribution in [1.29, 1.82) is 5.26 Å². The van der Waals surface area contributed by atoms with Crippen LogP contribution in [0.2, 0.25) is 0 Å². The Hall–Kier alpha value is -1.88. The van der Waals surface area contributed by atoms with Gasteiger partial charge in [-0.05, 0) is 31.6 Å². The number of nitrogens with one attached hydrogen (secondary N) is 1. The van der Waals surface area contributed by atoms with Crippen LogP contribution in [0.5, 0.6) is 0 Å². The Kier molecular flexibility index (Phi) is 5.11. The average Bonchev–Trinajstić information content (AvgIpc) is 3.22. The highest BCUT2D eigenvalue weighted by Crippen LogP contribution is 2.43. The van der Waals surface area contributed by atoms with E-state index in [1.165, 1.54) is 4.90 Å². The van der Waals surface area contributed by atoms with Crippen LogP contribution in [-0.4, -0.2) is 84.7 Å². The van der Waals surface area contributed by atoms with Gasteiger partial charge in [-0.25, -0.2) is 9.18 Å². The third-order valence-corrected chi connectivity index (χ3v) is 6.04. The van der Waals surface area contributed by atoms with Crippen molar-refractivity contribution in [2.24, 2.45) is 11.8 Å². The normalized spacial score (nSPS) is 36.1. The van der Waals surface area contributed by atoms with E-state index in [4.69, 9.17) is 5.26 Å². The summed E-state index contributed by atoms with van der Waals surface area (Å²) in [5.74, 6) is 0.681. The molecule has 0 aromatic rings. The van der Waals surface area contributed by atoms with E-state index < -0.39 is 12.2 Å². The van der Waals surface area contributed by atoms with Gasteiger partial charge in [0, 0.05) is 39.1 Å². The van der Waals surface area contributed by atoms with Crippen molar-refractivity contribution >= 4 is 11.9 Å². The lowest BCUT2D eigenvalue weighted by atomic mass is 9.98. The number of alkyl halides is 1. The molecule has 3 amide bonds. The summed E-state index contributed by atoms with van der Waals surface area (Å²) in [5, 5.41) is 12.4. The summed E-state index contributed by atoms with van der Waals surface area (Å²) < 4.78 is 13.5. The lowest BCUT2D eigenvalue weighted by Gasteiger charge is -2.30. The molecule has 1 aliphatic carbocycles. The fourth-order valence-electron chi connectivity index (χ4n) is 4.80. The van der Waals surface area contributed by atoms with E-state index in [0.29, 0.717) is 11.8 Å². The van der Waals surface area contributed by atoms with Crippen LogP contribution in [-0.2, 0) is 4.79 Å². The second-order valence-corrected chi connectivity index (χ2v) is 8.45. The molecule has 0 bridgehead atoms. The molecule has 2 aliphatic heterocycles. The van der Waals surface area contributed by atoms with Gasteiger partial charge in [-0.1, -0.05) is 0 Å². The molecule has 7 nitrogen and oxygen atoms in total. The molecular weight excluding hydrogens is 337 g/mol. The number of nitriles is 1. The van der Waals surface area contributed by atoms with Crippen molar-refractivity contribution < 1.29 is 14.0 Å². The number of hydrogen-bond donors (Lipinski definition) is 1. The maximum atomic E-state index is 13.5. The summed E-state index contributed by atoms with van der Waals surface area (Å²) in [6.45, 7) is 3.78. The molecule has 3 fully saturated rings. The monoisotopic (exact) mass is 365 g/mol. The highest BCUT2D eigenvalue weighted by atomic mass is 19.1. The van der Waals surface area contributed by atoms with Gasteiger partial charge in [-0.15, -0.1) is 0 Å². The topological polar surface area (TPSA) is 79.7 Å². The van der Waals surface area contributed by atoms with Crippen molar-refractivity contribution in [2.75, 3.05) is 40.3 Å². The van der Waals surface area contributed by atoms with Gasteiger partial charge in [0.25, 0.3) is 0 Å². The predicted molar refractivity (Wildman–Crippen MR) is 93.9 cm³/mol. The van der Waals surface area contributed by atoms with Crippen LogP contribution in [0.25, 0.3) is 0 Å². The van der Waals surface area contributed by atoms with Crippen molar-refractivity contribution in [3.63, 3.8) is 0 Å². The van der Waals surface area contributed by atoms with E-state index in [-0.39, 0.29) is 37.0 Å². The quantitative estimate of drug-likeness (QED) is 0.803. The number of carbonyl (C=O) groups excluding carboxylic acids is 2. The molecule has 0 radical (unpaired) electrons. The number of carbonyl (C=O) groups is 2. The lowest BCUT2D eigenvalue weighted by molar-refractivity contribution is -0.130. The first-order valence-corrected chi connectivity index (χ1v) is 9.27. The number of halogens is 1. The Morgan fingerprint density at radius 2 is 1.88 bits per heavy atom. The van der Waals surface area contributed by atoms with Crippen LogP contribution in [0.4, 0.5) is 9.18 Å². The number of fused-ring (bicyclic) bond motifs is 1. The van der Waals surface area contributed by atoms with E-state index in [0.717, 1.165) is 25.9 Å². The Morgan fingerprint density at radius 1 is 1.27 bits per heavy atom. The fraction of sp³-hybridized carbons (Fsp3) is 0.833. The maximum absolute atomic E-state index is 13.5. The van der Waals surface area contributed by atoms with Gasteiger partial charge in [0.2, 0.25) is 5.91 Å².